The Morgan fingerprint density at radius 3 is 2.61 bits per heavy atom. The highest BCUT2D eigenvalue weighted by molar-refractivity contribution is 7.16. The lowest BCUT2D eigenvalue weighted by atomic mass is 10.0. The lowest BCUT2D eigenvalue weighted by Crippen LogP contribution is -2.27. The third kappa shape index (κ3) is 3.51. The van der Waals surface area contributed by atoms with Gasteiger partial charge in [-0.15, -0.1) is 0 Å². The molecule has 0 bridgehead atoms. The lowest BCUT2D eigenvalue weighted by Gasteiger charge is -2.12. The molecule has 0 aliphatic carbocycles. The highest BCUT2D eigenvalue weighted by Crippen LogP contribution is 2.22. The van der Waals surface area contributed by atoms with Gasteiger partial charge < -0.3 is 9.88 Å². The van der Waals surface area contributed by atoms with Gasteiger partial charge in [0.15, 0.2) is 5.13 Å². The third-order valence-electron chi connectivity index (χ3n) is 3.75. The minimum absolute atomic E-state index is 0.0545. The van der Waals surface area contributed by atoms with Gasteiger partial charge in [-0.1, -0.05) is 48.6 Å². The molecular weight excluding hydrogens is 306 g/mol. The van der Waals surface area contributed by atoms with E-state index in [1.54, 1.807) is 0 Å². The molecule has 3 rings (SSSR count). The minimum atomic E-state index is -0.0545. The molecule has 2 aromatic heterocycles. The predicted octanol–water partition coefficient (Wildman–Crippen LogP) is 3.78. The molecule has 118 valence electrons. The number of carbonyl (C=O) groups is 1. The van der Waals surface area contributed by atoms with Gasteiger partial charge >= 0.3 is 0 Å². The zero-order valence-corrected chi connectivity index (χ0v) is 14.0. The molecule has 3 aromatic rings. The Morgan fingerprint density at radius 1 is 1.22 bits per heavy atom. The van der Waals surface area contributed by atoms with Gasteiger partial charge in [0.05, 0.1) is 5.69 Å². The topological polar surface area (TPSA) is 46.9 Å². The fourth-order valence-corrected chi connectivity index (χ4v) is 3.34. The van der Waals surface area contributed by atoms with Crippen LogP contribution in [0.2, 0.25) is 0 Å². The number of amides is 1. The summed E-state index contributed by atoms with van der Waals surface area (Å²) in [5.74, 6) is 0.221. The first-order chi connectivity index (χ1) is 11.1. The maximum atomic E-state index is 12.4. The first kappa shape index (κ1) is 15.5. The molecule has 0 aliphatic heterocycles. The van der Waals surface area contributed by atoms with Crippen LogP contribution in [0.15, 0.2) is 54.9 Å². The van der Waals surface area contributed by atoms with Gasteiger partial charge in [0.1, 0.15) is 4.88 Å². The Hall–Kier alpha value is -2.40. The highest BCUT2D eigenvalue weighted by Gasteiger charge is 2.16. The van der Waals surface area contributed by atoms with Gasteiger partial charge in [0.25, 0.3) is 5.91 Å². The second-order valence-corrected chi connectivity index (χ2v) is 6.50. The number of nitrogens with one attached hydrogen (secondary N) is 1. The molecule has 0 saturated carbocycles. The molecule has 4 nitrogen and oxygen atoms in total. The average molecular weight is 325 g/mol. The van der Waals surface area contributed by atoms with E-state index in [-0.39, 0.29) is 11.8 Å². The highest BCUT2D eigenvalue weighted by atomic mass is 32.1. The molecule has 2 heterocycles. The summed E-state index contributed by atoms with van der Waals surface area (Å²) in [4.78, 5) is 17.6. The maximum Gasteiger partial charge on any atom is 0.263 e. The van der Waals surface area contributed by atoms with Crippen molar-refractivity contribution in [2.45, 2.75) is 19.8 Å². The number of aromatic nitrogens is 2. The molecule has 0 radical (unpaired) electrons. The van der Waals surface area contributed by atoms with E-state index in [9.17, 15) is 4.79 Å². The van der Waals surface area contributed by atoms with E-state index in [1.165, 1.54) is 16.9 Å². The van der Waals surface area contributed by atoms with Gasteiger partial charge in [-0.25, -0.2) is 4.98 Å². The summed E-state index contributed by atoms with van der Waals surface area (Å²) in [5.41, 5.74) is 1.99. The summed E-state index contributed by atoms with van der Waals surface area (Å²) in [7, 11) is 0. The van der Waals surface area contributed by atoms with Crippen LogP contribution in [0.3, 0.4) is 0 Å². The first-order valence-electron chi connectivity index (χ1n) is 7.59. The lowest BCUT2D eigenvalue weighted by molar-refractivity contribution is 0.0955. The van der Waals surface area contributed by atoms with Crippen molar-refractivity contribution >= 4 is 17.2 Å². The molecule has 5 heteroatoms. The number of rotatable bonds is 5. The third-order valence-corrected chi connectivity index (χ3v) is 4.92. The number of aryl methyl sites for hydroxylation is 1. The Bertz CT molecular complexity index is 778. The summed E-state index contributed by atoms with van der Waals surface area (Å²) in [5, 5.41) is 3.83. The van der Waals surface area contributed by atoms with Crippen molar-refractivity contribution in [3.05, 3.63) is 71.0 Å². The Morgan fingerprint density at radius 2 is 1.91 bits per heavy atom. The summed E-state index contributed by atoms with van der Waals surface area (Å²) >= 11 is 1.41. The van der Waals surface area contributed by atoms with Crippen molar-refractivity contribution in [3.8, 4) is 5.13 Å². The fourth-order valence-electron chi connectivity index (χ4n) is 2.39. The van der Waals surface area contributed by atoms with E-state index >= 15 is 0 Å². The smallest absolute Gasteiger partial charge is 0.263 e. The number of thiazole rings is 1. The van der Waals surface area contributed by atoms with Crippen LogP contribution in [-0.2, 0) is 0 Å². The summed E-state index contributed by atoms with van der Waals surface area (Å²) in [6, 6.07) is 14.1. The van der Waals surface area contributed by atoms with Crippen LogP contribution >= 0.6 is 11.3 Å². The van der Waals surface area contributed by atoms with Gasteiger partial charge in [-0.05, 0) is 30.5 Å². The largest absolute Gasteiger partial charge is 0.351 e. The number of hydrogen-bond acceptors (Lipinski definition) is 3. The van der Waals surface area contributed by atoms with E-state index in [1.807, 2.05) is 54.2 Å². The first-order valence-corrected chi connectivity index (χ1v) is 8.40. The van der Waals surface area contributed by atoms with Crippen LogP contribution in [-0.4, -0.2) is 22.0 Å². The second kappa shape index (κ2) is 6.79. The van der Waals surface area contributed by atoms with Gasteiger partial charge in [-0.2, -0.15) is 0 Å². The molecule has 1 unspecified atom stereocenters. The van der Waals surface area contributed by atoms with Crippen LogP contribution in [0.25, 0.3) is 5.13 Å². The molecular formula is C18H19N3OS. The fraction of sp³-hybridized carbons (Fsp3) is 0.222. The maximum absolute atomic E-state index is 12.4. The Kier molecular flexibility index (Phi) is 4.57. The number of hydrogen-bond donors (Lipinski definition) is 1. The SMILES string of the molecule is Cc1nc(-n2cccc2)sc1C(=O)NCC(C)c1ccccc1. The zero-order chi connectivity index (χ0) is 16.2. The van der Waals surface area contributed by atoms with Crippen molar-refractivity contribution in [2.75, 3.05) is 6.54 Å². The van der Waals surface area contributed by atoms with E-state index < -0.39 is 0 Å². The summed E-state index contributed by atoms with van der Waals surface area (Å²) < 4.78 is 1.92. The van der Waals surface area contributed by atoms with Crippen LogP contribution < -0.4 is 5.32 Å². The molecule has 1 N–H and O–H groups in total. The minimum Gasteiger partial charge on any atom is -0.351 e. The molecule has 1 aromatic carbocycles. The van der Waals surface area contributed by atoms with Crippen LogP contribution in [0, 0.1) is 6.92 Å². The zero-order valence-electron chi connectivity index (χ0n) is 13.2. The standard InChI is InChI=1S/C18H19N3OS/c1-13(15-8-4-3-5-9-15)12-19-17(22)16-14(2)20-18(23-16)21-10-6-7-11-21/h3-11,13H,12H2,1-2H3,(H,19,22). The van der Waals surface area contributed by atoms with E-state index in [0.29, 0.717) is 11.4 Å². The summed E-state index contributed by atoms with van der Waals surface area (Å²) in [6.07, 6.45) is 3.86. The number of carbonyl (C=O) groups excluding carboxylic acids is 1. The molecule has 0 saturated heterocycles. The average Bonchev–Trinajstić information content (AvgIpc) is 3.22. The Balaban J connectivity index is 1.67. The molecule has 23 heavy (non-hydrogen) atoms. The van der Waals surface area contributed by atoms with E-state index in [0.717, 1.165) is 10.8 Å². The van der Waals surface area contributed by atoms with E-state index in [4.69, 9.17) is 0 Å². The molecule has 0 fully saturated rings. The van der Waals surface area contributed by atoms with Crippen molar-refractivity contribution in [1.29, 1.82) is 0 Å². The van der Waals surface area contributed by atoms with Gasteiger partial charge in [-0.3, -0.25) is 4.79 Å². The predicted molar refractivity (Wildman–Crippen MR) is 93.4 cm³/mol. The monoisotopic (exact) mass is 325 g/mol. The van der Waals surface area contributed by atoms with Gasteiger partial charge in [0, 0.05) is 18.9 Å². The second-order valence-electron chi connectivity index (χ2n) is 5.52. The van der Waals surface area contributed by atoms with Crippen molar-refractivity contribution < 1.29 is 4.79 Å². The van der Waals surface area contributed by atoms with E-state index in [2.05, 4.69) is 29.4 Å². The van der Waals surface area contributed by atoms with Crippen LogP contribution in [0.1, 0.15) is 33.8 Å². The van der Waals surface area contributed by atoms with Crippen LogP contribution in [0.5, 0.6) is 0 Å². The quantitative estimate of drug-likeness (QED) is 0.776. The normalized spacial score (nSPS) is 12.1. The molecule has 0 spiro atoms. The molecule has 0 aliphatic rings. The number of nitrogens with zero attached hydrogens (tertiary/aromatic N) is 2. The van der Waals surface area contributed by atoms with Crippen molar-refractivity contribution in [1.82, 2.24) is 14.9 Å². The van der Waals surface area contributed by atoms with Crippen molar-refractivity contribution in [2.24, 2.45) is 0 Å². The molecule has 1 atom stereocenters. The summed E-state index contributed by atoms with van der Waals surface area (Å²) in [6.45, 7) is 4.60. The van der Waals surface area contributed by atoms with Gasteiger partial charge in [0.2, 0.25) is 0 Å². The Labute approximate surface area is 139 Å². The van der Waals surface area contributed by atoms with Crippen LogP contribution in [0.4, 0.5) is 0 Å². The molecule has 1 amide bonds. The number of benzene rings is 1. The van der Waals surface area contributed by atoms with Crippen molar-refractivity contribution in [3.63, 3.8) is 0 Å².